The largest absolute Gasteiger partial charge is 0.488 e. The average molecular weight is 222 g/mol. The highest BCUT2D eigenvalue weighted by molar-refractivity contribution is 5.70. The first-order valence-electron chi connectivity index (χ1n) is 5.29. The van der Waals surface area contributed by atoms with E-state index in [9.17, 15) is 4.79 Å². The predicted molar refractivity (Wildman–Crippen MR) is 57.6 cm³/mol. The van der Waals surface area contributed by atoms with Gasteiger partial charge in [0.2, 0.25) is 0 Å². The summed E-state index contributed by atoms with van der Waals surface area (Å²) in [4.78, 5) is 10.6. The Balaban J connectivity index is 2.00. The SMILES string of the molecule is O=C(O)Cc1cccc(OC2CCOC2)c1. The molecule has 0 spiro atoms. The molecule has 1 heterocycles. The van der Waals surface area contributed by atoms with E-state index in [2.05, 4.69) is 0 Å². The van der Waals surface area contributed by atoms with E-state index in [4.69, 9.17) is 14.6 Å². The highest BCUT2D eigenvalue weighted by Gasteiger charge is 2.17. The molecule has 4 nitrogen and oxygen atoms in total. The summed E-state index contributed by atoms with van der Waals surface area (Å²) >= 11 is 0. The monoisotopic (exact) mass is 222 g/mol. The predicted octanol–water partition coefficient (Wildman–Crippen LogP) is 1.48. The molecular weight excluding hydrogens is 208 g/mol. The van der Waals surface area contributed by atoms with E-state index >= 15 is 0 Å². The van der Waals surface area contributed by atoms with Crippen molar-refractivity contribution in [2.24, 2.45) is 0 Å². The van der Waals surface area contributed by atoms with Gasteiger partial charge in [0, 0.05) is 6.42 Å². The molecule has 2 rings (SSSR count). The summed E-state index contributed by atoms with van der Waals surface area (Å²) < 4.78 is 10.9. The second-order valence-corrected chi connectivity index (χ2v) is 3.82. The van der Waals surface area contributed by atoms with Gasteiger partial charge in [-0.05, 0) is 17.7 Å². The Morgan fingerprint density at radius 3 is 3.12 bits per heavy atom. The molecule has 1 aromatic rings. The Hall–Kier alpha value is -1.55. The summed E-state index contributed by atoms with van der Waals surface area (Å²) in [6, 6.07) is 7.20. The van der Waals surface area contributed by atoms with Gasteiger partial charge in [-0.1, -0.05) is 12.1 Å². The zero-order valence-corrected chi connectivity index (χ0v) is 8.89. The topological polar surface area (TPSA) is 55.8 Å². The van der Waals surface area contributed by atoms with Crippen LogP contribution in [0.15, 0.2) is 24.3 Å². The maximum atomic E-state index is 10.6. The van der Waals surface area contributed by atoms with E-state index in [1.54, 1.807) is 12.1 Å². The normalized spacial score (nSPS) is 19.6. The third-order valence-corrected chi connectivity index (χ3v) is 2.44. The van der Waals surface area contributed by atoms with Crippen LogP contribution in [0.25, 0.3) is 0 Å². The lowest BCUT2D eigenvalue weighted by Crippen LogP contribution is -2.15. The molecule has 1 aliphatic rings. The van der Waals surface area contributed by atoms with Crippen molar-refractivity contribution in [2.75, 3.05) is 13.2 Å². The van der Waals surface area contributed by atoms with Gasteiger partial charge in [-0.25, -0.2) is 0 Å². The van der Waals surface area contributed by atoms with Crippen LogP contribution in [0.4, 0.5) is 0 Å². The van der Waals surface area contributed by atoms with Gasteiger partial charge in [0.15, 0.2) is 0 Å². The third kappa shape index (κ3) is 2.97. The maximum Gasteiger partial charge on any atom is 0.307 e. The molecule has 0 bridgehead atoms. The number of carboxylic acid groups (broad SMARTS) is 1. The van der Waals surface area contributed by atoms with Gasteiger partial charge in [0.1, 0.15) is 11.9 Å². The zero-order chi connectivity index (χ0) is 11.4. The minimum absolute atomic E-state index is 0.0262. The Bertz CT molecular complexity index is 369. The molecule has 1 saturated heterocycles. The number of carbonyl (C=O) groups is 1. The minimum Gasteiger partial charge on any atom is -0.488 e. The fourth-order valence-corrected chi connectivity index (χ4v) is 1.70. The summed E-state index contributed by atoms with van der Waals surface area (Å²) in [5.74, 6) is -0.115. The first-order valence-corrected chi connectivity index (χ1v) is 5.29. The molecule has 1 aliphatic heterocycles. The molecule has 1 unspecified atom stereocenters. The van der Waals surface area contributed by atoms with Gasteiger partial charge in [-0.3, -0.25) is 4.79 Å². The molecule has 0 saturated carbocycles. The summed E-state index contributed by atoms with van der Waals surface area (Å²) in [6.45, 7) is 1.35. The van der Waals surface area contributed by atoms with Crippen LogP contribution in [-0.4, -0.2) is 30.4 Å². The van der Waals surface area contributed by atoms with Crippen LogP contribution in [0.1, 0.15) is 12.0 Å². The third-order valence-electron chi connectivity index (χ3n) is 2.44. The Morgan fingerprint density at radius 1 is 1.56 bits per heavy atom. The van der Waals surface area contributed by atoms with Crippen LogP contribution in [0, 0.1) is 0 Å². The molecule has 0 aliphatic carbocycles. The molecule has 0 aromatic heterocycles. The van der Waals surface area contributed by atoms with E-state index in [0.717, 1.165) is 18.6 Å². The van der Waals surface area contributed by atoms with Crippen LogP contribution < -0.4 is 4.74 Å². The smallest absolute Gasteiger partial charge is 0.307 e. The van der Waals surface area contributed by atoms with Gasteiger partial charge in [0.05, 0.1) is 19.6 Å². The zero-order valence-electron chi connectivity index (χ0n) is 8.89. The van der Waals surface area contributed by atoms with Crippen LogP contribution in [0.3, 0.4) is 0 Å². The fraction of sp³-hybridized carbons (Fsp3) is 0.417. The standard InChI is InChI=1S/C12H14O4/c13-12(14)7-9-2-1-3-10(6-9)16-11-4-5-15-8-11/h1-3,6,11H,4-5,7-8H2,(H,13,14). The van der Waals surface area contributed by atoms with E-state index in [0.29, 0.717) is 12.4 Å². The molecule has 0 radical (unpaired) electrons. The Morgan fingerprint density at radius 2 is 2.44 bits per heavy atom. The van der Waals surface area contributed by atoms with Crippen molar-refractivity contribution in [2.45, 2.75) is 18.9 Å². The van der Waals surface area contributed by atoms with Gasteiger partial charge in [-0.15, -0.1) is 0 Å². The Labute approximate surface area is 93.8 Å². The first-order chi connectivity index (χ1) is 7.74. The van der Waals surface area contributed by atoms with Crippen molar-refractivity contribution in [3.63, 3.8) is 0 Å². The molecule has 1 N–H and O–H groups in total. The quantitative estimate of drug-likeness (QED) is 0.838. The van der Waals surface area contributed by atoms with Gasteiger partial charge in [0.25, 0.3) is 0 Å². The molecule has 86 valence electrons. The fourth-order valence-electron chi connectivity index (χ4n) is 1.70. The lowest BCUT2D eigenvalue weighted by atomic mass is 10.1. The van der Waals surface area contributed by atoms with Crippen LogP contribution >= 0.6 is 0 Å². The summed E-state index contributed by atoms with van der Waals surface area (Å²) in [6.07, 6.45) is 1.02. The van der Waals surface area contributed by atoms with Crippen LogP contribution in [-0.2, 0) is 16.0 Å². The van der Waals surface area contributed by atoms with E-state index in [1.807, 2.05) is 12.1 Å². The first kappa shape index (κ1) is 11.0. The minimum atomic E-state index is -0.832. The van der Waals surface area contributed by atoms with Crippen molar-refractivity contribution in [3.8, 4) is 5.75 Å². The molecule has 1 atom stereocenters. The van der Waals surface area contributed by atoms with Crippen LogP contribution in [0.2, 0.25) is 0 Å². The van der Waals surface area contributed by atoms with Gasteiger partial charge in [-0.2, -0.15) is 0 Å². The number of benzene rings is 1. The lowest BCUT2D eigenvalue weighted by Gasteiger charge is -2.12. The van der Waals surface area contributed by atoms with Crippen LogP contribution in [0.5, 0.6) is 5.75 Å². The highest BCUT2D eigenvalue weighted by atomic mass is 16.5. The molecular formula is C12H14O4. The molecule has 1 aromatic carbocycles. The van der Waals surface area contributed by atoms with Crippen molar-refractivity contribution in [1.82, 2.24) is 0 Å². The van der Waals surface area contributed by atoms with Gasteiger partial charge >= 0.3 is 5.97 Å². The number of aliphatic carboxylic acids is 1. The Kier molecular flexibility index (Phi) is 3.41. The van der Waals surface area contributed by atoms with Crippen molar-refractivity contribution < 1.29 is 19.4 Å². The number of rotatable bonds is 4. The second-order valence-electron chi connectivity index (χ2n) is 3.82. The second kappa shape index (κ2) is 4.99. The van der Waals surface area contributed by atoms with E-state index in [-0.39, 0.29) is 12.5 Å². The molecule has 0 amide bonds. The summed E-state index contributed by atoms with van der Waals surface area (Å²) in [5, 5.41) is 8.68. The van der Waals surface area contributed by atoms with Crippen molar-refractivity contribution in [1.29, 1.82) is 0 Å². The molecule has 4 heteroatoms. The number of carboxylic acids is 1. The van der Waals surface area contributed by atoms with Gasteiger partial charge < -0.3 is 14.6 Å². The van der Waals surface area contributed by atoms with E-state index < -0.39 is 5.97 Å². The number of hydrogen-bond donors (Lipinski definition) is 1. The number of hydrogen-bond acceptors (Lipinski definition) is 3. The number of ether oxygens (including phenoxy) is 2. The summed E-state index contributed by atoms with van der Waals surface area (Å²) in [5.41, 5.74) is 0.754. The van der Waals surface area contributed by atoms with Crippen molar-refractivity contribution in [3.05, 3.63) is 29.8 Å². The average Bonchev–Trinajstić information content (AvgIpc) is 2.70. The van der Waals surface area contributed by atoms with Crippen molar-refractivity contribution >= 4 is 5.97 Å². The van der Waals surface area contributed by atoms with E-state index in [1.165, 1.54) is 0 Å². The lowest BCUT2D eigenvalue weighted by molar-refractivity contribution is -0.136. The molecule has 1 fully saturated rings. The highest BCUT2D eigenvalue weighted by Crippen LogP contribution is 2.18. The summed E-state index contributed by atoms with van der Waals surface area (Å²) in [7, 11) is 0. The molecule has 16 heavy (non-hydrogen) atoms. The maximum absolute atomic E-state index is 10.6.